The third-order valence-electron chi connectivity index (χ3n) is 2.73. The molecular formula is C9H13N5O. The molecule has 0 amide bonds. The third-order valence-corrected chi connectivity index (χ3v) is 2.73. The lowest BCUT2D eigenvalue weighted by Gasteiger charge is -2.29. The average Bonchev–Trinajstić information content (AvgIpc) is 2.65. The summed E-state index contributed by atoms with van der Waals surface area (Å²) in [6.45, 7) is 1.29. The van der Waals surface area contributed by atoms with Gasteiger partial charge in [0.2, 0.25) is 0 Å². The van der Waals surface area contributed by atoms with Crippen molar-refractivity contribution in [2.45, 2.75) is 19.3 Å². The van der Waals surface area contributed by atoms with Crippen LogP contribution in [0.3, 0.4) is 0 Å². The van der Waals surface area contributed by atoms with Gasteiger partial charge in [-0.1, -0.05) is 0 Å². The zero-order valence-corrected chi connectivity index (χ0v) is 8.68. The highest BCUT2D eigenvalue weighted by molar-refractivity contribution is 5.05. The number of rotatable bonds is 2. The molecule has 6 heteroatoms. The minimum Gasteiger partial charge on any atom is -0.381 e. The second-order valence-corrected chi connectivity index (χ2v) is 3.88. The Morgan fingerprint density at radius 1 is 1.53 bits per heavy atom. The molecule has 0 unspecified atom stereocenters. The van der Waals surface area contributed by atoms with Gasteiger partial charge in [0, 0.05) is 19.6 Å². The lowest BCUT2D eigenvalue weighted by molar-refractivity contribution is 0.0398. The van der Waals surface area contributed by atoms with Gasteiger partial charge in [-0.05, 0) is 18.1 Å². The summed E-state index contributed by atoms with van der Waals surface area (Å²) >= 11 is 0. The summed E-state index contributed by atoms with van der Waals surface area (Å²) < 4.78 is 5.26. The molecule has 1 aliphatic rings. The molecule has 1 aliphatic heterocycles. The van der Waals surface area contributed by atoms with E-state index in [1.165, 1.54) is 4.80 Å². The second-order valence-electron chi connectivity index (χ2n) is 3.88. The van der Waals surface area contributed by atoms with Crippen LogP contribution >= 0.6 is 0 Å². The van der Waals surface area contributed by atoms with E-state index in [0.717, 1.165) is 12.8 Å². The van der Waals surface area contributed by atoms with E-state index in [9.17, 15) is 5.26 Å². The summed E-state index contributed by atoms with van der Waals surface area (Å²) in [7, 11) is 1.72. The van der Waals surface area contributed by atoms with Gasteiger partial charge in [-0.25, -0.2) is 0 Å². The maximum absolute atomic E-state index is 9.22. The molecule has 2 rings (SSSR count). The van der Waals surface area contributed by atoms with Gasteiger partial charge in [0.1, 0.15) is 0 Å². The molecule has 0 aliphatic carbocycles. The van der Waals surface area contributed by atoms with Gasteiger partial charge >= 0.3 is 0 Å². The zero-order valence-electron chi connectivity index (χ0n) is 8.68. The first-order valence-electron chi connectivity index (χ1n) is 4.96. The lowest BCUT2D eigenvalue weighted by atomic mass is 9.78. The van der Waals surface area contributed by atoms with Crippen molar-refractivity contribution in [3.63, 3.8) is 0 Å². The van der Waals surface area contributed by atoms with Crippen molar-refractivity contribution in [2.24, 2.45) is 12.5 Å². The number of tetrazole rings is 1. The highest BCUT2D eigenvalue weighted by atomic mass is 16.5. The van der Waals surface area contributed by atoms with Gasteiger partial charge in [-0.15, -0.1) is 10.2 Å². The predicted octanol–water partition coefficient (Wildman–Crippen LogP) is 0.0730. The van der Waals surface area contributed by atoms with Crippen molar-refractivity contribution < 1.29 is 4.74 Å². The van der Waals surface area contributed by atoms with Gasteiger partial charge in [0.05, 0.1) is 18.5 Å². The molecule has 2 heterocycles. The van der Waals surface area contributed by atoms with Crippen LogP contribution < -0.4 is 0 Å². The predicted molar refractivity (Wildman–Crippen MR) is 50.6 cm³/mol. The number of nitrogens with zero attached hydrogens (tertiary/aromatic N) is 5. The van der Waals surface area contributed by atoms with Gasteiger partial charge in [-0.3, -0.25) is 0 Å². The fourth-order valence-electron chi connectivity index (χ4n) is 1.79. The molecule has 80 valence electrons. The van der Waals surface area contributed by atoms with Crippen molar-refractivity contribution in [1.82, 2.24) is 20.2 Å². The van der Waals surface area contributed by atoms with Crippen LogP contribution in [-0.2, 0) is 18.2 Å². The summed E-state index contributed by atoms with van der Waals surface area (Å²) in [5.74, 6) is 0.640. The molecule has 1 aromatic heterocycles. The fourth-order valence-corrected chi connectivity index (χ4v) is 1.79. The first kappa shape index (κ1) is 10.1. The van der Waals surface area contributed by atoms with Gasteiger partial charge in [0.25, 0.3) is 0 Å². The molecule has 0 atom stereocenters. The molecule has 0 radical (unpaired) electrons. The molecular weight excluding hydrogens is 194 g/mol. The number of hydrogen-bond donors (Lipinski definition) is 0. The summed E-state index contributed by atoms with van der Waals surface area (Å²) in [6.07, 6.45) is 2.07. The Morgan fingerprint density at radius 2 is 2.27 bits per heavy atom. The Kier molecular flexibility index (Phi) is 2.64. The van der Waals surface area contributed by atoms with Gasteiger partial charge in [0.15, 0.2) is 5.82 Å². The Morgan fingerprint density at radius 3 is 2.80 bits per heavy atom. The number of aryl methyl sites for hydroxylation is 1. The van der Waals surface area contributed by atoms with Crippen molar-refractivity contribution in [2.75, 3.05) is 13.2 Å². The van der Waals surface area contributed by atoms with Crippen LogP contribution in [0.15, 0.2) is 0 Å². The number of nitriles is 1. The normalized spacial score (nSPS) is 19.7. The van der Waals surface area contributed by atoms with E-state index >= 15 is 0 Å². The van der Waals surface area contributed by atoms with E-state index in [0.29, 0.717) is 25.5 Å². The molecule has 0 spiro atoms. The van der Waals surface area contributed by atoms with E-state index in [1.807, 2.05) is 0 Å². The summed E-state index contributed by atoms with van der Waals surface area (Å²) in [5.41, 5.74) is -0.360. The van der Waals surface area contributed by atoms with Crippen LogP contribution in [-0.4, -0.2) is 33.4 Å². The second kappa shape index (κ2) is 3.95. The largest absolute Gasteiger partial charge is 0.381 e. The topological polar surface area (TPSA) is 76.6 Å². The van der Waals surface area contributed by atoms with Gasteiger partial charge in [-0.2, -0.15) is 10.1 Å². The smallest absolute Gasteiger partial charge is 0.176 e. The van der Waals surface area contributed by atoms with Crippen molar-refractivity contribution in [1.29, 1.82) is 5.26 Å². The monoisotopic (exact) mass is 207 g/mol. The number of hydrogen-bond acceptors (Lipinski definition) is 5. The van der Waals surface area contributed by atoms with E-state index in [4.69, 9.17) is 4.74 Å². The van der Waals surface area contributed by atoms with Crippen molar-refractivity contribution in [3.05, 3.63) is 5.82 Å². The van der Waals surface area contributed by atoms with Crippen LogP contribution in [0.2, 0.25) is 0 Å². The van der Waals surface area contributed by atoms with E-state index in [-0.39, 0.29) is 5.41 Å². The standard InChI is InChI=1S/C9H13N5O/c1-14-12-8(11-13-14)6-9(7-10)2-4-15-5-3-9/h2-6H2,1H3. The van der Waals surface area contributed by atoms with Crippen LogP contribution in [0.4, 0.5) is 0 Å². The summed E-state index contributed by atoms with van der Waals surface area (Å²) in [6, 6.07) is 2.38. The molecule has 15 heavy (non-hydrogen) atoms. The van der Waals surface area contributed by atoms with E-state index in [1.54, 1.807) is 7.05 Å². The Balaban J connectivity index is 2.11. The van der Waals surface area contributed by atoms with Crippen LogP contribution in [0.25, 0.3) is 0 Å². The highest BCUT2D eigenvalue weighted by Gasteiger charge is 2.34. The van der Waals surface area contributed by atoms with Crippen molar-refractivity contribution >= 4 is 0 Å². The number of aromatic nitrogens is 4. The number of ether oxygens (including phenoxy) is 1. The first-order chi connectivity index (χ1) is 7.24. The highest BCUT2D eigenvalue weighted by Crippen LogP contribution is 2.32. The van der Waals surface area contributed by atoms with Crippen molar-refractivity contribution in [3.8, 4) is 6.07 Å². The molecule has 0 saturated carbocycles. The lowest BCUT2D eigenvalue weighted by Crippen LogP contribution is -2.30. The Bertz CT molecular complexity index is 374. The van der Waals surface area contributed by atoms with Gasteiger partial charge < -0.3 is 4.74 Å². The maximum atomic E-state index is 9.22. The molecule has 0 N–H and O–H groups in total. The van der Waals surface area contributed by atoms with Crippen LogP contribution in [0.1, 0.15) is 18.7 Å². The SMILES string of the molecule is Cn1nnc(CC2(C#N)CCOCC2)n1. The van der Waals surface area contributed by atoms with E-state index < -0.39 is 0 Å². The van der Waals surface area contributed by atoms with Crippen LogP contribution in [0, 0.1) is 16.7 Å². The average molecular weight is 207 g/mol. The minimum atomic E-state index is -0.360. The molecule has 1 fully saturated rings. The quantitative estimate of drug-likeness (QED) is 0.686. The first-order valence-corrected chi connectivity index (χ1v) is 4.96. The molecule has 1 aromatic rings. The molecule has 1 saturated heterocycles. The minimum absolute atomic E-state index is 0.360. The maximum Gasteiger partial charge on any atom is 0.176 e. The van der Waals surface area contributed by atoms with Crippen LogP contribution in [0.5, 0.6) is 0 Å². The molecule has 0 aromatic carbocycles. The fraction of sp³-hybridized carbons (Fsp3) is 0.778. The summed E-state index contributed by atoms with van der Waals surface area (Å²) in [5, 5.41) is 21.0. The molecule has 6 nitrogen and oxygen atoms in total. The Labute approximate surface area is 87.8 Å². The zero-order chi connectivity index (χ0) is 10.7. The summed E-state index contributed by atoms with van der Waals surface area (Å²) in [4.78, 5) is 1.42. The third kappa shape index (κ3) is 2.13. The Hall–Kier alpha value is -1.48. The van der Waals surface area contributed by atoms with E-state index in [2.05, 4.69) is 21.5 Å². The molecule has 0 bridgehead atoms.